The lowest BCUT2D eigenvalue weighted by molar-refractivity contribution is -0.142. The second-order valence-corrected chi connectivity index (χ2v) is 3.51. The lowest BCUT2D eigenvalue weighted by Gasteiger charge is -2.05. The first kappa shape index (κ1) is 13.5. The van der Waals surface area contributed by atoms with E-state index >= 15 is 0 Å². The number of carbonyl (C=O) groups is 1. The summed E-state index contributed by atoms with van der Waals surface area (Å²) in [5.74, 6) is -1.29. The minimum Gasteiger partial charge on any atom is -0.481 e. The number of carboxylic acid groups (broad SMARTS) is 1. The Morgan fingerprint density at radius 1 is 1.41 bits per heavy atom. The third kappa shape index (κ3) is 2.78. The molecule has 1 heterocycles. The molecular formula is C10H13F3N2O2. The van der Waals surface area contributed by atoms with Crippen LogP contribution >= 0.6 is 0 Å². The third-order valence-corrected chi connectivity index (χ3v) is 2.40. The second kappa shape index (κ2) is 4.77. The molecule has 0 spiro atoms. The molecule has 0 radical (unpaired) electrons. The minimum absolute atomic E-state index is 0.227. The molecular weight excluding hydrogens is 237 g/mol. The van der Waals surface area contributed by atoms with Crippen molar-refractivity contribution in [2.24, 2.45) is 0 Å². The van der Waals surface area contributed by atoms with Gasteiger partial charge in [0.25, 0.3) is 0 Å². The van der Waals surface area contributed by atoms with Gasteiger partial charge in [-0.2, -0.15) is 18.3 Å². The topological polar surface area (TPSA) is 55.1 Å². The molecule has 4 nitrogen and oxygen atoms in total. The first-order valence-corrected chi connectivity index (χ1v) is 5.18. The average Bonchev–Trinajstić information content (AvgIpc) is 2.54. The largest absolute Gasteiger partial charge is 0.481 e. The Hall–Kier alpha value is -1.53. The van der Waals surface area contributed by atoms with Crippen LogP contribution in [0.3, 0.4) is 0 Å². The van der Waals surface area contributed by atoms with Gasteiger partial charge in [-0.3, -0.25) is 9.48 Å². The molecule has 17 heavy (non-hydrogen) atoms. The van der Waals surface area contributed by atoms with E-state index in [1.165, 1.54) is 4.68 Å². The third-order valence-electron chi connectivity index (χ3n) is 2.40. The van der Waals surface area contributed by atoms with Crippen molar-refractivity contribution >= 4 is 5.97 Å². The predicted molar refractivity (Wildman–Crippen MR) is 53.6 cm³/mol. The molecule has 96 valence electrons. The number of aryl methyl sites for hydroxylation is 1. The highest BCUT2D eigenvalue weighted by Gasteiger charge is 2.39. The molecule has 0 aliphatic carbocycles. The normalized spacial score (nSPS) is 11.8. The average molecular weight is 250 g/mol. The summed E-state index contributed by atoms with van der Waals surface area (Å²) >= 11 is 0. The van der Waals surface area contributed by atoms with E-state index in [0.717, 1.165) is 0 Å². The zero-order valence-electron chi connectivity index (χ0n) is 9.51. The Bertz CT molecular complexity index is 424. The van der Waals surface area contributed by atoms with Crippen molar-refractivity contribution in [2.45, 2.75) is 39.4 Å². The molecule has 1 rings (SSSR count). The maximum atomic E-state index is 12.7. The number of rotatable bonds is 4. The van der Waals surface area contributed by atoms with Crippen LogP contribution < -0.4 is 0 Å². The number of aromatic nitrogens is 2. The number of aliphatic carboxylic acids is 1. The first-order valence-electron chi connectivity index (χ1n) is 5.18. The van der Waals surface area contributed by atoms with E-state index in [1.807, 2.05) is 0 Å². The fraction of sp³-hybridized carbons (Fsp3) is 0.600. The van der Waals surface area contributed by atoms with Crippen LogP contribution in [0.15, 0.2) is 0 Å². The summed E-state index contributed by atoms with van der Waals surface area (Å²) in [7, 11) is 0. The van der Waals surface area contributed by atoms with Gasteiger partial charge < -0.3 is 5.11 Å². The molecule has 0 fully saturated rings. The Labute approximate surface area is 96.0 Å². The van der Waals surface area contributed by atoms with Gasteiger partial charge in [0.1, 0.15) is 0 Å². The van der Waals surface area contributed by atoms with Crippen LogP contribution in [0, 0.1) is 0 Å². The van der Waals surface area contributed by atoms with E-state index < -0.39 is 24.3 Å². The molecule has 0 atom stereocenters. The highest BCUT2D eigenvalue weighted by Crippen LogP contribution is 2.33. The van der Waals surface area contributed by atoms with E-state index in [1.54, 1.807) is 13.8 Å². The monoisotopic (exact) mass is 250 g/mol. The lowest BCUT2D eigenvalue weighted by atomic mass is 10.1. The van der Waals surface area contributed by atoms with Crippen molar-refractivity contribution in [2.75, 3.05) is 0 Å². The summed E-state index contributed by atoms with van der Waals surface area (Å²) in [6.07, 6.45) is -4.95. The van der Waals surface area contributed by atoms with Crippen molar-refractivity contribution in [1.29, 1.82) is 0 Å². The van der Waals surface area contributed by atoms with Gasteiger partial charge in [-0.1, -0.05) is 6.92 Å². The number of nitrogens with zero attached hydrogens (tertiary/aromatic N) is 2. The summed E-state index contributed by atoms with van der Waals surface area (Å²) in [5.41, 5.74) is -0.977. The number of hydrogen-bond donors (Lipinski definition) is 1. The summed E-state index contributed by atoms with van der Waals surface area (Å²) in [5, 5.41) is 12.1. The van der Waals surface area contributed by atoms with Crippen LogP contribution in [0.5, 0.6) is 0 Å². The zero-order valence-corrected chi connectivity index (χ0v) is 9.51. The molecule has 1 aromatic heterocycles. The summed E-state index contributed by atoms with van der Waals surface area (Å²) in [4.78, 5) is 10.6. The molecule has 0 unspecified atom stereocenters. The summed E-state index contributed by atoms with van der Waals surface area (Å²) in [6, 6.07) is 0. The summed E-state index contributed by atoms with van der Waals surface area (Å²) in [6.45, 7) is 3.62. The van der Waals surface area contributed by atoms with Gasteiger partial charge in [0.15, 0.2) is 5.69 Å². The van der Waals surface area contributed by atoms with Crippen LogP contribution in [-0.2, 0) is 30.4 Å². The maximum Gasteiger partial charge on any atom is 0.435 e. The highest BCUT2D eigenvalue weighted by atomic mass is 19.4. The van der Waals surface area contributed by atoms with E-state index in [0.29, 0.717) is 12.1 Å². The van der Waals surface area contributed by atoms with Gasteiger partial charge in [0, 0.05) is 17.8 Å². The van der Waals surface area contributed by atoms with Crippen molar-refractivity contribution in [1.82, 2.24) is 9.78 Å². The summed E-state index contributed by atoms with van der Waals surface area (Å²) < 4.78 is 39.3. The van der Waals surface area contributed by atoms with Gasteiger partial charge in [-0.05, 0) is 13.3 Å². The fourth-order valence-corrected chi connectivity index (χ4v) is 1.76. The standard InChI is InChI=1S/C10H13F3N2O2/c1-3-7-6(5-8(16)17)9(10(11,12)13)14-15(7)4-2/h3-5H2,1-2H3,(H,16,17). The van der Waals surface area contributed by atoms with Crippen molar-refractivity contribution in [3.8, 4) is 0 Å². The van der Waals surface area contributed by atoms with Crippen LogP contribution in [0.4, 0.5) is 13.2 Å². The Balaban J connectivity index is 3.37. The highest BCUT2D eigenvalue weighted by molar-refractivity contribution is 5.71. The van der Waals surface area contributed by atoms with Crippen molar-refractivity contribution in [3.63, 3.8) is 0 Å². The van der Waals surface area contributed by atoms with Gasteiger partial charge in [-0.15, -0.1) is 0 Å². The maximum absolute atomic E-state index is 12.7. The molecule has 0 bridgehead atoms. The Morgan fingerprint density at radius 3 is 2.35 bits per heavy atom. The predicted octanol–water partition coefficient (Wildman–Crippen LogP) is 2.11. The smallest absolute Gasteiger partial charge is 0.435 e. The molecule has 0 saturated carbocycles. The molecule has 0 saturated heterocycles. The van der Waals surface area contributed by atoms with E-state index in [4.69, 9.17) is 5.11 Å². The van der Waals surface area contributed by atoms with Gasteiger partial charge in [0.2, 0.25) is 0 Å². The Kier molecular flexibility index (Phi) is 3.79. The Morgan fingerprint density at radius 2 is 2.00 bits per heavy atom. The second-order valence-electron chi connectivity index (χ2n) is 3.51. The van der Waals surface area contributed by atoms with Gasteiger partial charge in [-0.25, -0.2) is 0 Å². The lowest BCUT2D eigenvalue weighted by Crippen LogP contribution is -2.12. The van der Waals surface area contributed by atoms with Crippen molar-refractivity contribution < 1.29 is 23.1 Å². The van der Waals surface area contributed by atoms with Crippen LogP contribution in [0.25, 0.3) is 0 Å². The number of alkyl halides is 3. The molecule has 0 amide bonds. The molecule has 0 aliphatic rings. The van der Waals surface area contributed by atoms with E-state index in [2.05, 4.69) is 5.10 Å². The van der Waals surface area contributed by atoms with Crippen LogP contribution in [0.1, 0.15) is 30.8 Å². The number of carboxylic acids is 1. The fourth-order valence-electron chi connectivity index (χ4n) is 1.76. The number of hydrogen-bond acceptors (Lipinski definition) is 2. The molecule has 1 aromatic rings. The quantitative estimate of drug-likeness (QED) is 0.890. The molecule has 7 heteroatoms. The molecule has 0 aliphatic heterocycles. The first-order chi connectivity index (χ1) is 7.81. The van der Waals surface area contributed by atoms with Gasteiger partial charge >= 0.3 is 12.1 Å². The molecule has 0 aromatic carbocycles. The zero-order chi connectivity index (χ0) is 13.2. The van der Waals surface area contributed by atoms with Gasteiger partial charge in [0.05, 0.1) is 6.42 Å². The minimum atomic E-state index is -4.62. The van der Waals surface area contributed by atoms with E-state index in [-0.39, 0.29) is 12.1 Å². The van der Waals surface area contributed by atoms with Crippen LogP contribution in [-0.4, -0.2) is 20.9 Å². The van der Waals surface area contributed by atoms with Crippen molar-refractivity contribution in [3.05, 3.63) is 17.0 Å². The SMILES string of the molecule is CCc1c(CC(=O)O)c(C(F)(F)F)nn1CC. The van der Waals surface area contributed by atoms with E-state index in [9.17, 15) is 18.0 Å². The molecule has 1 N–H and O–H groups in total. The number of halogens is 3. The van der Waals surface area contributed by atoms with Crippen LogP contribution in [0.2, 0.25) is 0 Å².